The summed E-state index contributed by atoms with van der Waals surface area (Å²) in [5.74, 6) is 1.27. The molecule has 23 heavy (non-hydrogen) atoms. The number of benzene rings is 1. The first-order valence-corrected chi connectivity index (χ1v) is 8.25. The van der Waals surface area contributed by atoms with Crippen molar-refractivity contribution >= 4 is 17.5 Å². The summed E-state index contributed by atoms with van der Waals surface area (Å²) in [4.78, 5) is 4.46. The van der Waals surface area contributed by atoms with Crippen molar-refractivity contribution in [1.82, 2.24) is 15.2 Å². The zero-order valence-electron chi connectivity index (χ0n) is 13.5. The predicted octanol–water partition coefficient (Wildman–Crippen LogP) is 4.23. The van der Waals surface area contributed by atoms with Crippen LogP contribution >= 0.6 is 0 Å². The largest absolute Gasteiger partial charge is 0.368 e. The van der Waals surface area contributed by atoms with E-state index in [2.05, 4.69) is 50.9 Å². The normalized spacial score (nSPS) is 14.2. The molecule has 5 heteroatoms. The Morgan fingerprint density at radius 3 is 2.78 bits per heavy atom. The Hall–Kier alpha value is -2.43. The molecule has 1 aliphatic rings. The fourth-order valence-electron chi connectivity index (χ4n) is 2.69. The third-order valence-corrected chi connectivity index (χ3v) is 4.00. The molecule has 0 fully saturated rings. The standard InChI is InChI=1S/C18H23N5/c1-14-7-9-16(10-8-14)21-18-22-17(13-20-23-18)19-12-11-15-5-3-2-4-6-15/h5,7-10,13H,2-4,6,11-12H2,1H3,(H2,19,21,22,23). The molecule has 1 aliphatic carbocycles. The van der Waals surface area contributed by atoms with Gasteiger partial charge in [0.25, 0.3) is 0 Å². The van der Waals surface area contributed by atoms with E-state index in [-0.39, 0.29) is 0 Å². The molecule has 3 rings (SSSR count). The van der Waals surface area contributed by atoms with Gasteiger partial charge in [0.05, 0.1) is 6.20 Å². The number of aryl methyl sites for hydroxylation is 1. The fourth-order valence-corrected chi connectivity index (χ4v) is 2.69. The van der Waals surface area contributed by atoms with Crippen molar-refractivity contribution in [3.8, 4) is 0 Å². The fraction of sp³-hybridized carbons (Fsp3) is 0.389. The van der Waals surface area contributed by atoms with Crippen LogP contribution in [0.5, 0.6) is 0 Å². The van der Waals surface area contributed by atoms with E-state index in [0.717, 1.165) is 24.5 Å². The topological polar surface area (TPSA) is 62.7 Å². The van der Waals surface area contributed by atoms with E-state index in [4.69, 9.17) is 0 Å². The molecular formula is C18H23N5. The third-order valence-electron chi connectivity index (χ3n) is 4.00. The number of anilines is 3. The first-order chi connectivity index (χ1) is 11.3. The molecule has 1 heterocycles. The van der Waals surface area contributed by atoms with Crippen LogP contribution in [-0.4, -0.2) is 21.7 Å². The monoisotopic (exact) mass is 309 g/mol. The van der Waals surface area contributed by atoms with Crippen molar-refractivity contribution in [3.05, 3.63) is 47.7 Å². The minimum absolute atomic E-state index is 0.510. The summed E-state index contributed by atoms with van der Waals surface area (Å²) in [6.45, 7) is 2.95. The number of rotatable bonds is 6. The second-order valence-corrected chi connectivity index (χ2v) is 5.94. The summed E-state index contributed by atoms with van der Waals surface area (Å²) in [5.41, 5.74) is 3.74. The van der Waals surface area contributed by atoms with Crippen molar-refractivity contribution < 1.29 is 0 Å². The van der Waals surface area contributed by atoms with Crippen LogP contribution in [0.3, 0.4) is 0 Å². The molecule has 1 aromatic heterocycles. The average molecular weight is 309 g/mol. The van der Waals surface area contributed by atoms with Crippen LogP contribution in [0.2, 0.25) is 0 Å². The van der Waals surface area contributed by atoms with Gasteiger partial charge in [-0.3, -0.25) is 0 Å². The van der Waals surface area contributed by atoms with Crippen LogP contribution in [0.1, 0.15) is 37.7 Å². The van der Waals surface area contributed by atoms with Crippen molar-refractivity contribution in [2.24, 2.45) is 0 Å². The Morgan fingerprint density at radius 2 is 2.00 bits per heavy atom. The summed E-state index contributed by atoms with van der Waals surface area (Å²) in [6, 6.07) is 8.12. The van der Waals surface area contributed by atoms with Gasteiger partial charge in [-0.1, -0.05) is 29.3 Å². The molecule has 0 spiro atoms. The molecule has 0 saturated carbocycles. The molecule has 0 radical (unpaired) electrons. The lowest BCUT2D eigenvalue weighted by Gasteiger charge is -2.13. The minimum atomic E-state index is 0.510. The Balaban J connectivity index is 1.54. The minimum Gasteiger partial charge on any atom is -0.368 e. The smallest absolute Gasteiger partial charge is 0.249 e. The summed E-state index contributed by atoms with van der Waals surface area (Å²) < 4.78 is 0. The van der Waals surface area contributed by atoms with E-state index in [1.54, 1.807) is 11.8 Å². The Bertz CT molecular complexity index is 663. The highest BCUT2D eigenvalue weighted by atomic mass is 15.3. The lowest BCUT2D eigenvalue weighted by atomic mass is 9.97. The van der Waals surface area contributed by atoms with Crippen LogP contribution < -0.4 is 10.6 Å². The first-order valence-electron chi connectivity index (χ1n) is 8.25. The molecule has 120 valence electrons. The van der Waals surface area contributed by atoms with Gasteiger partial charge < -0.3 is 10.6 Å². The summed E-state index contributed by atoms with van der Waals surface area (Å²) in [5, 5.41) is 14.6. The van der Waals surface area contributed by atoms with E-state index in [1.165, 1.54) is 31.2 Å². The van der Waals surface area contributed by atoms with Gasteiger partial charge in [0.1, 0.15) is 0 Å². The SMILES string of the molecule is Cc1ccc(Nc2nncc(NCCC3=CCCCC3)n2)cc1. The van der Waals surface area contributed by atoms with Gasteiger partial charge in [-0.05, 0) is 51.2 Å². The van der Waals surface area contributed by atoms with Crippen LogP contribution in [0.15, 0.2) is 42.1 Å². The van der Waals surface area contributed by atoms with E-state index < -0.39 is 0 Å². The maximum atomic E-state index is 4.46. The quantitative estimate of drug-likeness (QED) is 0.782. The molecule has 0 atom stereocenters. The van der Waals surface area contributed by atoms with Gasteiger partial charge >= 0.3 is 0 Å². The van der Waals surface area contributed by atoms with Gasteiger partial charge in [-0.25, -0.2) is 0 Å². The van der Waals surface area contributed by atoms with Crippen LogP contribution in [0.4, 0.5) is 17.5 Å². The van der Waals surface area contributed by atoms with Crippen molar-refractivity contribution in [1.29, 1.82) is 0 Å². The molecular weight excluding hydrogens is 286 g/mol. The molecule has 1 aromatic carbocycles. The van der Waals surface area contributed by atoms with Gasteiger partial charge in [-0.2, -0.15) is 10.1 Å². The lowest BCUT2D eigenvalue weighted by Crippen LogP contribution is -2.08. The highest BCUT2D eigenvalue weighted by Gasteiger charge is 2.04. The van der Waals surface area contributed by atoms with E-state index in [1.807, 2.05) is 12.1 Å². The molecule has 0 bridgehead atoms. The Morgan fingerprint density at radius 1 is 1.13 bits per heavy atom. The lowest BCUT2D eigenvalue weighted by molar-refractivity contribution is 0.679. The highest BCUT2D eigenvalue weighted by molar-refractivity contribution is 5.54. The Labute approximate surface area is 137 Å². The van der Waals surface area contributed by atoms with Crippen molar-refractivity contribution in [2.75, 3.05) is 17.2 Å². The van der Waals surface area contributed by atoms with Gasteiger partial charge in [-0.15, -0.1) is 5.10 Å². The molecule has 0 saturated heterocycles. The molecule has 2 aromatic rings. The molecule has 0 unspecified atom stereocenters. The number of aromatic nitrogens is 3. The maximum Gasteiger partial charge on any atom is 0.249 e. The van der Waals surface area contributed by atoms with Crippen molar-refractivity contribution in [2.45, 2.75) is 39.0 Å². The van der Waals surface area contributed by atoms with Crippen LogP contribution in [-0.2, 0) is 0 Å². The maximum absolute atomic E-state index is 4.46. The summed E-state index contributed by atoms with van der Waals surface area (Å²) in [7, 11) is 0. The predicted molar refractivity (Wildman–Crippen MR) is 93.9 cm³/mol. The van der Waals surface area contributed by atoms with E-state index in [0.29, 0.717) is 5.95 Å². The van der Waals surface area contributed by atoms with Crippen molar-refractivity contribution in [3.63, 3.8) is 0 Å². The molecule has 2 N–H and O–H groups in total. The highest BCUT2D eigenvalue weighted by Crippen LogP contribution is 2.20. The van der Waals surface area contributed by atoms with E-state index >= 15 is 0 Å². The molecule has 0 amide bonds. The number of hydrogen-bond donors (Lipinski definition) is 2. The Kier molecular flexibility index (Phi) is 5.19. The van der Waals surface area contributed by atoms with E-state index in [9.17, 15) is 0 Å². The number of hydrogen-bond acceptors (Lipinski definition) is 5. The van der Waals surface area contributed by atoms with Gasteiger partial charge in [0, 0.05) is 12.2 Å². The van der Waals surface area contributed by atoms with Gasteiger partial charge in [0.15, 0.2) is 5.82 Å². The third kappa shape index (κ3) is 4.77. The second-order valence-electron chi connectivity index (χ2n) is 5.94. The summed E-state index contributed by atoms with van der Waals surface area (Å²) in [6.07, 6.45) is 10.2. The van der Waals surface area contributed by atoms with Crippen LogP contribution in [0.25, 0.3) is 0 Å². The van der Waals surface area contributed by atoms with Crippen LogP contribution in [0, 0.1) is 6.92 Å². The number of nitrogens with zero attached hydrogens (tertiary/aromatic N) is 3. The van der Waals surface area contributed by atoms with Gasteiger partial charge in [0.2, 0.25) is 5.95 Å². The number of nitrogens with one attached hydrogen (secondary N) is 2. The first kappa shape index (κ1) is 15.5. The zero-order valence-corrected chi connectivity index (χ0v) is 13.5. The average Bonchev–Trinajstić information content (AvgIpc) is 2.58. The summed E-state index contributed by atoms with van der Waals surface area (Å²) >= 11 is 0. The second kappa shape index (κ2) is 7.72. The molecule has 0 aliphatic heterocycles. The molecule has 5 nitrogen and oxygen atoms in total. The number of allylic oxidation sites excluding steroid dienone is 1. The zero-order chi connectivity index (χ0) is 15.9.